The van der Waals surface area contributed by atoms with Crippen LogP contribution in [0.1, 0.15) is 18.9 Å². The first-order chi connectivity index (χ1) is 7.72. The monoisotopic (exact) mass is 220 g/mol. The third kappa shape index (κ3) is 2.14. The van der Waals surface area contributed by atoms with Crippen LogP contribution in [-0.2, 0) is 4.74 Å². The maximum Gasteiger partial charge on any atom is 0.0670 e. The van der Waals surface area contributed by atoms with E-state index in [1.165, 1.54) is 11.3 Å². The molecule has 0 saturated carbocycles. The van der Waals surface area contributed by atoms with E-state index in [-0.39, 0.29) is 0 Å². The fraction of sp³-hybridized carbons (Fsp3) is 0.538. The maximum absolute atomic E-state index is 5.86. The van der Waals surface area contributed by atoms with Crippen molar-refractivity contribution in [1.82, 2.24) is 0 Å². The molecule has 3 nitrogen and oxygen atoms in total. The van der Waals surface area contributed by atoms with Crippen molar-refractivity contribution in [3.63, 3.8) is 0 Å². The van der Waals surface area contributed by atoms with Gasteiger partial charge in [0.05, 0.1) is 19.3 Å². The average molecular weight is 220 g/mol. The standard InChI is InChI=1S/C13H20N2O/c1-3-12-9-16-7-6-15(12)13-8-11(14)5-4-10(13)2/h4-5,8,12H,3,6-7,9,14H2,1-2H3. The highest BCUT2D eigenvalue weighted by molar-refractivity contribution is 5.61. The van der Waals surface area contributed by atoms with Crippen LogP contribution in [0.5, 0.6) is 0 Å². The van der Waals surface area contributed by atoms with E-state index in [0.717, 1.165) is 31.9 Å². The van der Waals surface area contributed by atoms with Gasteiger partial charge in [0.15, 0.2) is 0 Å². The number of nitrogens with zero attached hydrogens (tertiary/aromatic N) is 1. The van der Waals surface area contributed by atoms with Crippen molar-refractivity contribution in [3.8, 4) is 0 Å². The van der Waals surface area contributed by atoms with Gasteiger partial charge in [-0.15, -0.1) is 0 Å². The Balaban J connectivity index is 2.30. The van der Waals surface area contributed by atoms with Gasteiger partial charge in [-0.1, -0.05) is 13.0 Å². The van der Waals surface area contributed by atoms with Crippen molar-refractivity contribution >= 4 is 11.4 Å². The minimum atomic E-state index is 0.481. The summed E-state index contributed by atoms with van der Waals surface area (Å²) in [5.41, 5.74) is 9.24. The van der Waals surface area contributed by atoms with Crippen molar-refractivity contribution in [1.29, 1.82) is 0 Å². The summed E-state index contributed by atoms with van der Waals surface area (Å²) in [6.45, 7) is 6.93. The number of hydrogen-bond acceptors (Lipinski definition) is 3. The Hall–Kier alpha value is -1.22. The molecule has 2 rings (SSSR count). The minimum absolute atomic E-state index is 0.481. The number of nitrogen functional groups attached to an aromatic ring is 1. The molecule has 0 aliphatic carbocycles. The molecule has 0 amide bonds. The summed E-state index contributed by atoms with van der Waals surface area (Å²) >= 11 is 0. The Morgan fingerprint density at radius 3 is 3.06 bits per heavy atom. The Morgan fingerprint density at radius 2 is 2.31 bits per heavy atom. The molecule has 88 valence electrons. The molecule has 1 saturated heterocycles. The van der Waals surface area contributed by atoms with Gasteiger partial charge in [0.1, 0.15) is 0 Å². The topological polar surface area (TPSA) is 38.5 Å². The molecule has 1 unspecified atom stereocenters. The molecule has 0 aromatic heterocycles. The number of anilines is 2. The lowest BCUT2D eigenvalue weighted by Gasteiger charge is -2.38. The highest BCUT2D eigenvalue weighted by Gasteiger charge is 2.22. The van der Waals surface area contributed by atoms with Gasteiger partial charge in [-0.3, -0.25) is 0 Å². The van der Waals surface area contributed by atoms with E-state index in [4.69, 9.17) is 10.5 Å². The van der Waals surface area contributed by atoms with Gasteiger partial charge in [-0.2, -0.15) is 0 Å². The normalized spacial score (nSPS) is 21.1. The van der Waals surface area contributed by atoms with E-state index >= 15 is 0 Å². The van der Waals surface area contributed by atoms with Crippen LogP contribution in [0.2, 0.25) is 0 Å². The number of morpholine rings is 1. The first-order valence-corrected chi connectivity index (χ1v) is 5.93. The lowest BCUT2D eigenvalue weighted by atomic mass is 10.1. The van der Waals surface area contributed by atoms with E-state index in [2.05, 4.69) is 30.9 Å². The predicted octanol–water partition coefficient (Wildman–Crippen LogP) is 2.19. The fourth-order valence-corrected chi connectivity index (χ4v) is 2.25. The summed E-state index contributed by atoms with van der Waals surface area (Å²) in [5, 5.41) is 0. The summed E-state index contributed by atoms with van der Waals surface area (Å²) in [5.74, 6) is 0. The summed E-state index contributed by atoms with van der Waals surface area (Å²) in [6.07, 6.45) is 1.11. The maximum atomic E-state index is 5.86. The molecular formula is C13H20N2O. The SMILES string of the molecule is CCC1COCCN1c1cc(N)ccc1C. The summed E-state index contributed by atoms with van der Waals surface area (Å²) in [4.78, 5) is 2.43. The van der Waals surface area contributed by atoms with Crippen LogP contribution in [0.3, 0.4) is 0 Å². The second-order valence-electron chi connectivity index (χ2n) is 4.38. The van der Waals surface area contributed by atoms with Gasteiger partial charge >= 0.3 is 0 Å². The summed E-state index contributed by atoms with van der Waals surface area (Å²) in [7, 11) is 0. The second-order valence-corrected chi connectivity index (χ2v) is 4.38. The zero-order valence-corrected chi connectivity index (χ0v) is 10.1. The molecular weight excluding hydrogens is 200 g/mol. The van der Waals surface area contributed by atoms with E-state index in [1.807, 2.05) is 6.07 Å². The van der Waals surface area contributed by atoms with Gasteiger partial charge in [-0.05, 0) is 31.0 Å². The lowest BCUT2D eigenvalue weighted by Crippen LogP contribution is -2.45. The van der Waals surface area contributed by atoms with Crippen molar-refractivity contribution in [3.05, 3.63) is 23.8 Å². The minimum Gasteiger partial charge on any atom is -0.399 e. The molecule has 0 spiro atoms. The van der Waals surface area contributed by atoms with Crippen LogP contribution in [0.15, 0.2) is 18.2 Å². The third-order valence-corrected chi connectivity index (χ3v) is 3.24. The molecule has 1 heterocycles. The molecule has 1 aromatic rings. The Bertz CT molecular complexity index is 365. The molecule has 1 aliphatic rings. The van der Waals surface area contributed by atoms with Crippen molar-refractivity contribution in [2.45, 2.75) is 26.3 Å². The number of nitrogens with two attached hydrogens (primary N) is 1. The Morgan fingerprint density at radius 1 is 1.50 bits per heavy atom. The first kappa shape index (κ1) is 11.3. The quantitative estimate of drug-likeness (QED) is 0.776. The highest BCUT2D eigenvalue weighted by atomic mass is 16.5. The number of ether oxygens (including phenoxy) is 1. The summed E-state index contributed by atoms with van der Waals surface area (Å²) in [6, 6.07) is 6.60. The van der Waals surface area contributed by atoms with Crippen molar-refractivity contribution < 1.29 is 4.74 Å². The molecule has 3 heteroatoms. The van der Waals surface area contributed by atoms with E-state index in [1.54, 1.807) is 0 Å². The molecule has 0 radical (unpaired) electrons. The van der Waals surface area contributed by atoms with Crippen molar-refractivity contribution in [2.24, 2.45) is 0 Å². The smallest absolute Gasteiger partial charge is 0.0670 e. The first-order valence-electron chi connectivity index (χ1n) is 5.93. The Kier molecular flexibility index (Phi) is 3.34. The third-order valence-electron chi connectivity index (χ3n) is 3.24. The van der Waals surface area contributed by atoms with E-state index in [9.17, 15) is 0 Å². The van der Waals surface area contributed by atoms with Gasteiger partial charge in [0.25, 0.3) is 0 Å². The number of aryl methyl sites for hydroxylation is 1. The van der Waals surface area contributed by atoms with Crippen LogP contribution < -0.4 is 10.6 Å². The molecule has 1 fully saturated rings. The Labute approximate surface area is 97.2 Å². The van der Waals surface area contributed by atoms with E-state index in [0.29, 0.717) is 6.04 Å². The molecule has 16 heavy (non-hydrogen) atoms. The zero-order valence-electron chi connectivity index (χ0n) is 10.1. The van der Waals surface area contributed by atoms with Gasteiger partial charge in [-0.25, -0.2) is 0 Å². The van der Waals surface area contributed by atoms with Crippen LogP contribution in [-0.4, -0.2) is 25.8 Å². The number of benzene rings is 1. The molecule has 2 N–H and O–H groups in total. The summed E-state index contributed by atoms with van der Waals surface area (Å²) < 4.78 is 5.52. The van der Waals surface area contributed by atoms with Crippen LogP contribution in [0, 0.1) is 6.92 Å². The largest absolute Gasteiger partial charge is 0.399 e. The highest BCUT2D eigenvalue weighted by Crippen LogP contribution is 2.27. The predicted molar refractivity (Wildman–Crippen MR) is 67.8 cm³/mol. The average Bonchev–Trinajstić information content (AvgIpc) is 2.32. The molecule has 0 bridgehead atoms. The second kappa shape index (κ2) is 4.74. The lowest BCUT2D eigenvalue weighted by molar-refractivity contribution is 0.0929. The molecule has 1 atom stereocenters. The fourth-order valence-electron chi connectivity index (χ4n) is 2.25. The molecule has 1 aromatic carbocycles. The van der Waals surface area contributed by atoms with Crippen LogP contribution in [0.4, 0.5) is 11.4 Å². The van der Waals surface area contributed by atoms with Gasteiger partial charge in [0, 0.05) is 17.9 Å². The molecule has 1 aliphatic heterocycles. The number of hydrogen-bond donors (Lipinski definition) is 1. The zero-order chi connectivity index (χ0) is 11.5. The van der Waals surface area contributed by atoms with Crippen LogP contribution in [0.25, 0.3) is 0 Å². The van der Waals surface area contributed by atoms with E-state index < -0.39 is 0 Å². The van der Waals surface area contributed by atoms with Crippen molar-refractivity contribution in [2.75, 3.05) is 30.4 Å². The van der Waals surface area contributed by atoms with Crippen LogP contribution >= 0.6 is 0 Å². The number of rotatable bonds is 2. The van der Waals surface area contributed by atoms with Gasteiger partial charge < -0.3 is 15.4 Å². The van der Waals surface area contributed by atoms with Gasteiger partial charge in [0.2, 0.25) is 0 Å².